The minimum absolute atomic E-state index is 0.129. The van der Waals surface area contributed by atoms with E-state index in [9.17, 15) is 9.59 Å². The van der Waals surface area contributed by atoms with Crippen molar-refractivity contribution in [2.75, 3.05) is 13.2 Å². The van der Waals surface area contributed by atoms with E-state index < -0.39 is 6.04 Å². The summed E-state index contributed by atoms with van der Waals surface area (Å²) in [5.74, 6) is 0.605. The fourth-order valence-corrected chi connectivity index (χ4v) is 4.19. The van der Waals surface area contributed by atoms with Crippen LogP contribution in [0.25, 0.3) is 0 Å². The molecule has 0 fully saturated rings. The van der Waals surface area contributed by atoms with Crippen molar-refractivity contribution in [1.29, 1.82) is 0 Å². The molecule has 0 unspecified atom stereocenters. The van der Waals surface area contributed by atoms with Crippen molar-refractivity contribution >= 4 is 11.8 Å². The molecule has 3 rings (SSSR count). The Balaban J connectivity index is 1.91. The van der Waals surface area contributed by atoms with Gasteiger partial charge in [0, 0.05) is 19.5 Å². The lowest BCUT2D eigenvalue weighted by atomic mass is 9.86. The molecule has 2 amide bonds. The fourth-order valence-electron chi connectivity index (χ4n) is 4.19. The number of para-hydroxylation sites is 1. The Labute approximate surface area is 221 Å². The molecule has 0 aliphatic rings. The van der Waals surface area contributed by atoms with Gasteiger partial charge < -0.3 is 15.0 Å². The number of nitrogens with zero attached hydrogens (tertiary/aromatic N) is 1. The molecule has 0 bridgehead atoms. The largest absolute Gasteiger partial charge is 0.483 e. The Bertz CT molecular complexity index is 1140. The monoisotopic (exact) mass is 500 g/mol. The fraction of sp³-hybridized carbons (Fsp3) is 0.375. The zero-order chi connectivity index (χ0) is 26.8. The maximum atomic E-state index is 13.8. The summed E-state index contributed by atoms with van der Waals surface area (Å²) in [4.78, 5) is 28.9. The number of nitrogens with one attached hydrogen (secondary N) is 1. The third-order valence-corrected chi connectivity index (χ3v) is 6.20. The second-order valence-corrected chi connectivity index (χ2v) is 10.9. The van der Waals surface area contributed by atoms with Gasteiger partial charge in [0.05, 0.1) is 0 Å². The minimum atomic E-state index is -0.671. The number of hydrogen-bond acceptors (Lipinski definition) is 3. The van der Waals surface area contributed by atoms with Gasteiger partial charge in [0.1, 0.15) is 11.8 Å². The van der Waals surface area contributed by atoms with Crippen molar-refractivity contribution in [1.82, 2.24) is 10.2 Å². The normalized spacial score (nSPS) is 12.2. The Morgan fingerprint density at radius 1 is 0.838 bits per heavy atom. The molecule has 0 spiro atoms. The molecule has 3 aromatic rings. The van der Waals surface area contributed by atoms with Crippen LogP contribution < -0.4 is 10.1 Å². The van der Waals surface area contributed by atoms with Crippen LogP contribution in [0.4, 0.5) is 0 Å². The number of carbonyl (C=O) groups is 2. The average Bonchev–Trinajstić information content (AvgIpc) is 2.88. The van der Waals surface area contributed by atoms with Crippen LogP contribution in [0.15, 0.2) is 84.9 Å². The van der Waals surface area contributed by atoms with Gasteiger partial charge in [0.2, 0.25) is 5.91 Å². The van der Waals surface area contributed by atoms with Crippen molar-refractivity contribution in [3.8, 4) is 5.75 Å². The molecule has 5 heteroatoms. The van der Waals surface area contributed by atoms with Gasteiger partial charge in [-0.2, -0.15) is 0 Å². The highest BCUT2D eigenvalue weighted by Crippen LogP contribution is 2.31. The first-order chi connectivity index (χ1) is 17.6. The van der Waals surface area contributed by atoms with Gasteiger partial charge in [0.15, 0.2) is 6.61 Å². The molecule has 196 valence electrons. The molecule has 0 saturated carbocycles. The summed E-state index contributed by atoms with van der Waals surface area (Å²) in [6.45, 7) is 11.2. The number of carbonyl (C=O) groups excluding carboxylic acids is 2. The third kappa shape index (κ3) is 8.49. The van der Waals surface area contributed by atoms with E-state index in [1.165, 1.54) is 0 Å². The molecule has 0 radical (unpaired) electrons. The second-order valence-electron chi connectivity index (χ2n) is 10.9. The van der Waals surface area contributed by atoms with Crippen LogP contribution >= 0.6 is 0 Å². The van der Waals surface area contributed by atoms with Crippen molar-refractivity contribution in [3.63, 3.8) is 0 Å². The van der Waals surface area contributed by atoms with Crippen LogP contribution in [0.2, 0.25) is 0 Å². The van der Waals surface area contributed by atoms with Gasteiger partial charge in [-0.3, -0.25) is 9.59 Å². The number of rotatable bonds is 11. The number of amides is 2. The van der Waals surface area contributed by atoms with Gasteiger partial charge >= 0.3 is 0 Å². The summed E-state index contributed by atoms with van der Waals surface area (Å²) in [7, 11) is 0. The number of hydrogen-bond donors (Lipinski definition) is 1. The lowest BCUT2D eigenvalue weighted by Crippen LogP contribution is -2.52. The van der Waals surface area contributed by atoms with E-state index in [-0.39, 0.29) is 23.8 Å². The van der Waals surface area contributed by atoms with Crippen molar-refractivity contribution in [3.05, 3.63) is 102 Å². The highest BCUT2D eigenvalue weighted by Gasteiger charge is 2.31. The summed E-state index contributed by atoms with van der Waals surface area (Å²) in [5.41, 5.74) is 2.86. The number of ether oxygens (including phenoxy) is 1. The van der Waals surface area contributed by atoms with Gasteiger partial charge in [-0.25, -0.2) is 0 Å². The van der Waals surface area contributed by atoms with E-state index in [2.05, 4.69) is 39.9 Å². The van der Waals surface area contributed by atoms with Crippen LogP contribution in [-0.2, 0) is 28.0 Å². The predicted molar refractivity (Wildman–Crippen MR) is 149 cm³/mol. The zero-order valence-electron chi connectivity index (χ0n) is 22.7. The van der Waals surface area contributed by atoms with Gasteiger partial charge in [-0.1, -0.05) is 113 Å². The summed E-state index contributed by atoms with van der Waals surface area (Å²) in [6, 6.07) is 26.8. The minimum Gasteiger partial charge on any atom is -0.483 e. The molecule has 0 aromatic heterocycles. The van der Waals surface area contributed by atoms with Crippen LogP contribution in [0, 0.1) is 5.92 Å². The Hall–Kier alpha value is -3.60. The van der Waals surface area contributed by atoms with Crippen molar-refractivity contribution in [2.45, 2.75) is 59.0 Å². The highest BCUT2D eigenvalue weighted by atomic mass is 16.5. The molecule has 3 aromatic carbocycles. The van der Waals surface area contributed by atoms with Crippen LogP contribution in [0.3, 0.4) is 0 Å². The summed E-state index contributed by atoms with van der Waals surface area (Å²) in [5, 5.41) is 3.05. The first kappa shape index (κ1) is 28.0. The molecular formula is C32H40N2O3. The maximum absolute atomic E-state index is 13.8. The van der Waals surface area contributed by atoms with E-state index >= 15 is 0 Å². The topological polar surface area (TPSA) is 58.6 Å². The lowest BCUT2D eigenvalue weighted by Gasteiger charge is -2.32. The maximum Gasteiger partial charge on any atom is 0.261 e. The molecule has 0 aliphatic carbocycles. The SMILES string of the molecule is CC(C)CNC(=O)[C@@H](Cc1ccccc1)N(Cc1ccccc1)C(=O)COc1ccccc1C(C)(C)C. The van der Waals surface area contributed by atoms with Gasteiger partial charge in [0.25, 0.3) is 5.91 Å². The standard InChI is InChI=1S/C32H40N2O3/c1-24(2)21-33-31(36)28(20-25-14-8-6-9-15-25)34(22-26-16-10-7-11-17-26)30(35)23-37-29-19-13-12-18-27(29)32(3,4)5/h6-19,24,28H,20-23H2,1-5H3,(H,33,36)/t28-/m1/s1. The van der Waals surface area contributed by atoms with E-state index in [4.69, 9.17) is 4.74 Å². The Morgan fingerprint density at radius 3 is 2.00 bits per heavy atom. The Morgan fingerprint density at radius 2 is 1.41 bits per heavy atom. The second kappa shape index (κ2) is 13.1. The predicted octanol–water partition coefficient (Wildman–Crippen LogP) is 5.78. The molecule has 1 atom stereocenters. The average molecular weight is 501 g/mol. The molecule has 5 nitrogen and oxygen atoms in total. The smallest absolute Gasteiger partial charge is 0.261 e. The molecule has 0 aliphatic heterocycles. The first-order valence-electron chi connectivity index (χ1n) is 13.0. The lowest BCUT2D eigenvalue weighted by molar-refractivity contribution is -0.142. The van der Waals surface area contributed by atoms with Crippen LogP contribution in [0.1, 0.15) is 51.3 Å². The zero-order valence-corrected chi connectivity index (χ0v) is 22.7. The van der Waals surface area contributed by atoms with E-state index in [1.807, 2.05) is 84.9 Å². The van der Waals surface area contributed by atoms with Gasteiger partial charge in [-0.15, -0.1) is 0 Å². The Kier molecular flexibility index (Phi) is 9.90. The quantitative estimate of drug-likeness (QED) is 0.363. The molecule has 1 N–H and O–H groups in total. The van der Waals surface area contributed by atoms with Crippen molar-refractivity contribution in [2.24, 2.45) is 5.92 Å². The van der Waals surface area contributed by atoms with Gasteiger partial charge in [-0.05, 0) is 34.1 Å². The van der Waals surface area contributed by atoms with Crippen molar-refractivity contribution < 1.29 is 14.3 Å². The molecule has 0 heterocycles. The molecular weight excluding hydrogens is 460 g/mol. The van der Waals surface area contributed by atoms with E-state index in [1.54, 1.807) is 4.90 Å². The summed E-state index contributed by atoms with van der Waals surface area (Å²) >= 11 is 0. The number of benzene rings is 3. The van der Waals surface area contributed by atoms with E-state index in [0.29, 0.717) is 31.2 Å². The third-order valence-electron chi connectivity index (χ3n) is 6.20. The van der Waals surface area contributed by atoms with E-state index in [0.717, 1.165) is 16.7 Å². The van der Waals surface area contributed by atoms with Crippen LogP contribution in [-0.4, -0.2) is 35.9 Å². The molecule has 37 heavy (non-hydrogen) atoms. The molecule has 0 saturated heterocycles. The highest BCUT2D eigenvalue weighted by molar-refractivity contribution is 5.88. The summed E-state index contributed by atoms with van der Waals surface area (Å²) in [6.07, 6.45) is 0.419. The first-order valence-corrected chi connectivity index (χ1v) is 13.0. The van der Waals surface area contributed by atoms with Crippen LogP contribution in [0.5, 0.6) is 5.75 Å². The summed E-state index contributed by atoms with van der Waals surface area (Å²) < 4.78 is 6.10.